The highest BCUT2D eigenvalue weighted by Crippen LogP contribution is 2.47. The standard InChI is InChI=1S/C11H15NO/c1-9-3-2-4-10(12-9)7-11(8-13)5-6-11/h2-4,13H,5-8H2,1H3. The van der Waals surface area contributed by atoms with Gasteiger partial charge in [0.15, 0.2) is 0 Å². The number of aliphatic hydroxyl groups excluding tert-OH is 1. The molecule has 0 aliphatic heterocycles. The topological polar surface area (TPSA) is 33.1 Å². The van der Waals surface area contributed by atoms with Crippen molar-refractivity contribution in [3.63, 3.8) is 0 Å². The third kappa shape index (κ3) is 1.89. The van der Waals surface area contributed by atoms with Gasteiger partial charge in [0.05, 0.1) is 0 Å². The summed E-state index contributed by atoms with van der Waals surface area (Å²) in [5, 5.41) is 9.16. The Labute approximate surface area is 78.6 Å². The highest BCUT2D eigenvalue weighted by atomic mass is 16.3. The predicted molar refractivity (Wildman–Crippen MR) is 51.4 cm³/mol. The summed E-state index contributed by atoms with van der Waals surface area (Å²) in [6.45, 7) is 2.31. The van der Waals surface area contributed by atoms with E-state index >= 15 is 0 Å². The second kappa shape index (κ2) is 3.11. The fourth-order valence-electron chi connectivity index (χ4n) is 1.65. The van der Waals surface area contributed by atoms with E-state index in [0.29, 0.717) is 6.61 Å². The molecule has 0 bridgehead atoms. The van der Waals surface area contributed by atoms with Gasteiger partial charge in [-0.15, -0.1) is 0 Å². The molecule has 1 aliphatic rings. The first-order valence-electron chi connectivity index (χ1n) is 4.78. The van der Waals surface area contributed by atoms with Gasteiger partial charge in [0.1, 0.15) is 0 Å². The van der Waals surface area contributed by atoms with Gasteiger partial charge < -0.3 is 5.11 Å². The number of nitrogens with zero attached hydrogens (tertiary/aromatic N) is 1. The van der Waals surface area contributed by atoms with Gasteiger partial charge >= 0.3 is 0 Å². The summed E-state index contributed by atoms with van der Waals surface area (Å²) in [7, 11) is 0. The molecule has 0 aromatic carbocycles. The minimum absolute atomic E-state index is 0.181. The number of pyridine rings is 1. The number of hydrogen-bond donors (Lipinski definition) is 1. The first kappa shape index (κ1) is 8.70. The average molecular weight is 177 g/mol. The molecule has 0 amide bonds. The normalized spacial score (nSPS) is 18.6. The lowest BCUT2D eigenvalue weighted by Crippen LogP contribution is -2.11. The van der Waals surface area contributed by atoms with Crippen molar-refractivity contribution in [3.05, 3.63) is 29.6 Å². The lowest BCUT2D eigenvalue weighted by Gasteiger charge is -2.10. The van der Waals surface area contributed by atoms with Crippen LogP contribution < -0.4 is 0 Å². The van der Waals surface area contributed by atoms with Crippen molar-refractivity contribution in [1.82, 2.24) is 4.98 Å². The molecule has 1 saturated carbocycles. The molecule has 1 aliphatic carbocycles. The van der Waals surface area contributed by atoms with Gasteiger partial charge in [-0.05, 0) is 43.7 Å². The van der Waals surface area contributed by atoms with Crippen LogP contribution >= 0.6 is 0 Å². The summed E-state index contributed by atoms with van der Waals surface area (Å²) in [4.78, 5) is 4.44. The van der Waals surface area contributed by atoms with Crippen molar-refractivity contribution in [2.45, 2.75) is 26.2 Å². The lowest BCUT2D eigenvalue weighted by molar-refractivity contribution is 0.210. The fraction of sp³-hybridized carbons (Fsp3) is 0.545. The van der Waals surface area contributed by atoms with Gasteiger partial charge in [-0.3, -0.25) is 4.98 Å². The summed E-state index contributed by atoms with van der Waals surface area (Å²) >= 11 is 0. The molecule has 0 spiro atoms. The van der Waals surface area contributed by atoms with E-state index in [9.17, 15) is 0 Å². The molecule has 1 aromatic rings. The van der Waals surface area contributed by atoms with Crippen molar-refractivity contribution >= 4 is 0 Å². The van der Waals surface area contributed by atoms with Crippen LogP contribution in [0.4, 0.5) is 0 Å². The van der Waals surface area contributed by atoms with Crippen LogP contribution in [0.1, 0.15) is 24.2 Å². The monoisotopic (exact) mass is 177 g/mol. The van der Waals surface area contributed by atoms with E-state index in [1.807, 2.05) is 25.1 Å². The maximum absolute atomic E-state index is 9.16. The van der Waals surface area contributed by atoms with Crippen LogP contribution in [0.25, 0.3) is 0 Å². The second-order valence-corrected chi connectivity index (χ2v) is 4.11. The van der Waals surface area contributed by atoms with Crippen LogP contribution in [-0.4, -0.2) is 16.7 Å². The molecule has 0 unspecified atom stereocenters. The SMILES string of the molecule is Cc1cccc(CC2(CO)CC2)n1. The second-order valence-electron chi connectivity index (χ2n) is 4.11. The largest absolute Gasteiger partial charge is 0.396 e. The quantitative estimate of drug-likeness (QED) is 0.762. The molecule has 1 heterocycles. The summed E-state index contributed by atoms with van der Waals surface area (Å²) in [6, 6.07) is 6.08. The number of hydrogen-bond acceptors (Lipinski definition) is 2. The molecule has 1 fully saturated rings. The van der Waals surface area contributed by atoms with Gasteiger partial charge in [-0.25, -0.2) is 0 Å². The van der Waals surface area contributed by atoms with Crippen molar-refractivity contribution < 1.29 is 5.11 Å². The molecule has 1 aromatic heterocycles. The molecule has 13 heavy (non-hydrogen) atoms. The molecule has 0 atom stereocenters. The Kier molecular flexibility index (Phi) is 2.08. The highest BCUT2D eigenvalue weighted by molar-refractivity contribution is 5.13. The van der Waals surface area contributed by atoms with Gasteiger partial charge in [-0.2, -0.15) is 0 Å². The van der Waals surface area contributed by atoms with E-state index in [1.165, 1.54) is 0 Å². The Balaban J connectivity index is 2.09. The lowest BCUT2D eigenvalue weighted by atomic mass is 10.0. The average Bonchev–Trinajstić information content (AvgIpc) is 2.86. The van der Waals surface area contributed by atoms with Crippen molar-refractivity contribution in [1.29, 1.82) is 0 Å². The molecule has 2 heteroatoms. The number of aromatic nitrogens is 1. The third-order valence-corrected chi connectivity index (χ3v) is 2.79. The Hall–Kier alpha value is -0.890. The maximum Gasteiger partial charge on any atom is 0.0491 e. The molecule has 1 N–H and O–H groups in total. The van der Waals surface area contributed by atoms with Crippen molar-refractivity contribution in [2.24, 2.45) is 5.41 Å². The Morgan fingerprint density at radius 2 is 2.23 bits per heavy atom. The molecular weight excluding hydrogens is 162 g/mol. The Morgan fingerprint density at radius 3 is 2.77 bits per heavy atom. The van der Waals surface area contributed by atoms with Crippen molar-refractivity contribution in [2.75, 3.05) is 6.61 Å². The first-order chi connectivity index (χ1) is 6.24. The van der Waals surface area contributed by atoms with Gasteiger partial charge in [0.25, 0.3) is 0 Å². The zero-order valence-corrected chi connectivity index (χ0v) is 7.95. The van der Waals surface area contributed by atoms with Gasteiger partial charge in [0.2, 0.25) is 0 Å². The van der Waals surface area contributed by atoms with E-state index in [-0.39, 0.29) is 5.41 Å². The smallest absolute Gasteiger partial charge is 0.0491 e. The van der Waals surface area contributed by atoms with Crippen LogP contribution in [0.2, 0.25) is 0 Å². The molecule has 0 radical (unpaired) electrons. The summed E-state index contributed by atoms with van der Waals surface area (Å²) in [6.07, 6.45) is 3.24. The molecule has 70 valence electrons. The predicted octanol–water partition coefficient (Wildman–Crippen LogP) is 1.71. The maximum atomic E-state index is 9.16. The van der Waals surface area contributed by atoms with E-state index in [4.69, 9.17) is 5.11 Å². The summed E-state index contributed by atoms with van der Waals surface area (Å²) < 4.78 is 0. The van der Waals surface area contributed by atoms with Gasteiger partial charge in [0, 0.05) is 18.0 Å². The fourth-order valence-corrected chi connectivity index (χ4v) is 1.65. The summed E-state index contributed by atoms with van der Waals surface area (Å²) in [5.41, 5.74) is 2.36. The third-order valence-electron chi connectivity index (χ3n) is 2.79. The zero-order valence-electron chi connectivity index (χ0n) is 7.95. The zero-order chi connectivity index (χ0) is 9.31. The molecular formula is C11H15NO. The number of aryl methyl sites for hydroxylation is 1. The van der Waals surface area contributed by atoms with Crippen LogP contribution in [0, 0.1) is 12.3 Å². The van der Waals surface area contributed by atoms with E-state index in [1.54, 1.807) is 0 Å². The van der Waals surface area contributed by atoms with E-state index in [0.717, 1.165) is 30.7 Å². The van der Waals surface area contributed by atoms with Gasteiger partial charge in [-0.1, -0.05) is 6.07 Å². The van der Waals surface area contributed by atoms with E-state index in [2.05, 4.69) is 4.98 Å². The minimum Gasteiger partial charge on any atom is -0.396 e. The Morgan fingerprint density at radius 1 is 1.46 bits per heavy atom. The molecule has 2 rings (SSSR count). The molecule has 0 saturated heterocycles. The minimum atomic E-state index is 0.181. The van der Waals surface area contributed by atoms with Crippen LogP contribution in [0.5, 0.6) is 0 Å². The number of rotatable bonds is 3. The number of aliphatic hydroxyl groups is 1. The first-order valence-corrected chi connectivity index (χ1v) is 4.78. The van der Waals surface area contributed by atoms with Crippen molar-refractivity contribution in [3.8, 4) is 0 Å². The molecule has 2 nitrogen and oxygen atoms in total. The van der Waals surface area contributed by atoms with Crippen LogP contribution in [-0.2, 0) is 6.42 Å². The Bertz CT molecular complexity index is 305. The van der Waals surface area contributed by atoms with Crippen LogP contribution in [0.3, 0.4) is 0 Å². The van der Waals surface area contributed by atoms with Crippen LogP contribution in [0.15, 0.2) is 18.2 Å². The summed E-state index contributed by atoms with van der Waals surface area (Å²) in [5.74, 6) is 0. The van der Waals surface area contributed by atoms with E-state index < -0.39 is 0 Å². The highest BCUT2D eigenvalue weighted by Gasteiger charge is 2.42.